The van der Waals surface area contributed by atoms with E-state index in [1.54, 1.807) is 18.3 Å². The number of pyridine rings is 1. The molecule has 1 aromatic heterocycles. The maximum absolute atomic E-state index is 12.9. The molecule has 2 atom stereocenters. The maximum Gasteiger partial charge on any atom is 0.425 e. The Balaban J connectivity index is 2.69. The summed E-state index contributed by atoms with van der Waals surface area (Å²) in [4.78, 5) is 29.6. The van der Waals surface area contributed by atoms with Crippen LogP contribution in [0.4, 0.5) is 10.5 Å². The van der Waals surface area contributed by atoms with Crippen LogP contribution in [-0.2, 0) is 4.79 Å². The Morgan fingerprint density at radius 1 is 1.52 bits per heavy atom. The van der Waals surface area contributed by atoms with Gasteiger partial charge in [-0.3, -0.25) is 4.90 Å². The number of rotatable bonds is 2. The third kappa shape index (κ3) is 2.18. The number of hydrogen-bond acceptors (Lipinski definition) is 3. The number of carboxylic acids is 1. The molecule has 7 heteroatoms. The molecule has 21 heavy (non-hydrogen) atoms. The molecule has 2 unspecified atom stereocenters. The van der Waals surface area contributed by atoms with Crippen LogP contribution in [0.2, 0.25) is 5.15 Å². The molecular formula is C14H19ClN3O3+. The number of nitrogens with zero attached hydrogens (tertiary/aromatic N) is 3. The smallest absolute Gasteiger partial charge is 0.425 e. The lowest BCUT2D eigenvalue weighted by molar-refractivity contribution is -0.140. The number of carbonyl (C=O) groups excluding carboxylic acids is 1. The Morgan fingerprint density at radius 2 is 2.14 bits per heavy atom. The molecule has 0 bridgehead atoms. The molecule has 0 aromatic carbocycles. The molecule has 1 aliphatic rings. The van der Waals surface area contributed by atoms with E-state index in [1.165, 1.54) is 11.9 Å². The van der Waals surface area contributed by atoms with Gasteiger partial charge in [-0.15, -0.1) is 0 Å². The zero-order chi connectivity index (χ0) is 16.0. The topological polar surface area (TPSA) is 70.5 Å². The number of urea groups is 1. The number of carboxylic acid groups (broad SMARTS) is 1. The molecule has 1 N–H and O–H groups in total. The number of aromatic nitrogens is 1. The Morgan fingerprint density at radius 3 is 2.57 bits per heavy atom. The molecule has 2 heterocycles. The van der Waals surface area contributed by atoms with Gasteiger partial charge in [-0.05, 0) is 26.8 Å². The minimum absolute atomic E-state index is 0.125. The van der Waals surface area contributed by atoms with Crippen LogP contribution in [0.25, 0.3) is 0 Å². The Hall–Kier alpha value is -1.66. The van der Waals surface area contributed by atoms with Gasteiger partial charge in [0, 0.05) is 19.3 Å². The Bertz CT molecular complexity index is 599. The second kappa shape index (κ2) is 4.96. The van der Waals surface area contributed by atoms with Gasteiger partial charge in [0.1, 0.15) is 12.1 Å². The molecule has 114 valence electrons. The van der Waals surface area contributed by atoms with E-state index in [2.05, 4.69) is 4.98 Å². The minimum atomic E-state index is -1.02. The fourth-order valence-electron chi connectivity index (χ4n) is 2.89. The van der Waals surface area contributed by atoms with Crippen LogP contribution in [0, 0.1) is 0 Å². The summed E-state index contributed by atoms with van der Waals surface area (Å²) in [7, 11) is 1.51. The first kappa shape index (κ1) is 15.7. The zero-order valence-corrected chi connectivity index (χ0v) is 13.3. The third-order valence-corrected chi connectivity index (χ3v) is 4.41. The van der Waals surface area contributed by atoms with Crippen molar-refractivity contribution in [2.75, 3.05) is 13.6 Å². The van der Waals surface area contributed by atoms with Crippen molar-refractivity contribution in [3.8, 4) is 0 Å². The van der Waals surface area contributed by atoms with Crippen molar-refractivity contribution in [3.05, 3.63) is 23.5 Å². The van der Waals surface area contributed by atoms with Gasteiger partial charge in [-0.25, -0.2) is 14.6 Å². The molecule has 1 aliphatic heterocycles. The average Bonchev–Trinajstić information content (AvgIpc) is 2.64. The largest absolute Gasteiger partial charge is 0.480 e. The number of likely N-dealkylation sites (N-methyl/N-ethyl adjacent to an activating group) is 1. The number of halogens is 1. The van der Waals surface area contributed by atoms with Gasteiger partial charge in [-0.2, -0.15) is 4.48 Å². The van der Waals surface area contributed by atoms with Crippen molar-refractivity contribution in [1.29, 1.82) is 0 Å². The lowest BCUT2D eigenvalue weighted by Gasteiger charge is -2.41. The van der Waals surface area contributed by atoms with Gasteiger partial charge in [0.25, 0.3) is 0 Å². The third-order valence-electron chi connectivity index (χ3n) is 4.12. The van der Waals surface area contributed by atoms with Crippen molar-refractivity contribution < 1.29 is 14.7 Å². The van der Waals surface area contributed by atoms with Gasteiger partial charge in [-0.1, -0.05) is 11.6 Å². The fourth-order valence-corrected chi connectivity index (χ4v) is 3.16. The molecule has 2 amide bonds. The Labute approximate surface area is 128 Å². The van der Waals surface area contributed by atoms with Crippen molar-refractivity contribution in [1.82, 2.24) is 14.4 Å². The van der Waals surface area contributed by atoms with Gasteiger partial charge in [0.15, 0.2) is 16.9 Å². The summed E-state index contributed by atoms with van der Waals surface area (Å²) in [6, 6.07) is 2.27. The SMILES string of the molecule is CN1C(=O)[N+](c2cccnc2Cl)(C(C)(C)C)CC1C(=O)O. The van der Waals surface area contributed by atoms with Gasteiger partial charge in [0.2, 0.25) is 0 Å². The zero-order valence-electron chi connectivity index (χ0n) is 12.5. The van der Waals surface area contributed by atoms with E-state index in [4.69, 9.17) is 11.6 Å². The van der Waals surface area contributed by atoms with E-state index >= 15 is 0 Å². The summed E-state index contributed by atoms with van der Waals surface area (Å²) in [6.45, 7) is 5.81. The molecule has 0 saturated carbocycles. The second-order valence-electron chi connectivity index (χ2n) is 6.22. The van der Waals surface area contributed by atoms with Gasteiger partial charge >= 0.3 is 12.0 Å². The van der Waals surface area contributed by atoms with Crippen LogP contribution in [-0.4, -0.2) is 52.2 Å². The first-order chi connectivity index (χ1) is 9.63. The molecule has 1 saturated heterocycles. The van der Waals surface area contributed by atoms with Crippen LogP contribution in [0.5, 0.6) is 0 Å². The summed E-state index contributed by atoms with van der Waals surface area (Å²) in [5.41, 5.74) is -0.0189. The molecular weight excluding hydrogens is 294 g/mol. The molecule has 1 aromatic rings. The first-order valence-corrected chi connectivity index (χ1v) is 7.00. The lowest BCUT2D eigenvalue weighted by atomic mass is 10.00. The summed E-state index contributed by atoms with van der Waals surface area (Å²) in [5.74, 6) is -1.02. The van der Waals surface area contributed by atoms with Gasteiger partial charge in [0.05, 0.1) is 0 Å². The van der Waals surface area contributed by atoms with E-state index < -0.39 is 17.6 Å². The summed E-state index contributed by atoms with van der Waals surface area (Å²) in [5, 5.41) is 9.59. The lowest BCUT2D eigenvalue weighted by Crippen LogP contribution is -2.63. The van der Waals surface area contributed by atoms with Crippen molar-refractivity contribution in [2.24, 2.45) is 0 Å². The molecule has 0 radical (unpaired) electrons. The Kier molecular flexibility index (Phi) is 3.71. The van der Waals surface area contributed by atoms with Gasteiger partial charge < -0.3 is 5.11 Å². The van der Waals surface area contributed by atoms with Crippen molar-refractivity contribution >= 4 is 29.3 Å². The highest BCUT2D eigenvalue weighted by atomic mass is 35.5. The summed E-state index contributed by atoms with van der Waals surface area (Å²) in [6.07, 6.45) is 1.55. The molecule has 1 fully saturated rings. The first-order valence-electron chi connectivity index (χ1n) is 6.62. The molecule has 0 spiro atoms. The highest BCUT2D eigenvalue weighted by Crippen LogP contribution is 2.42. The van der Waals surface area contributed by atoms with E-state index in [9.17, 15) is 14.7 Å². The maximum atomic E-state index is 12.9. The quantitative estimate of drug-likeness (QED) is 0.672. The van der Waals surface area contributed by atoms with E-state index in [0.717, 1.165) is 0 Å². The van der Waals surface area contributed by atoms with Crippen molar-refractivity contribution in [2.45, 2.75) is 32.4 Å². The standard InChI is InChI=1S/C14H18ClN3O3/c1-14(2,3)18(10-6-5-7-16-11(10)15)8-9(12(19)20)17(4)13(18)21/h5-7,9H,8H2,1-4H3/p+1. The highest BCUT2D eigenvalue weighted by molar-refractivity contribution is 6.32. The van der Waals surface area contributed by atoms with Crippen molar-refractivity contribution in [3.63, 3.8) is 0 Å². The average molecular weight is 313 g/mol. The number of hydrogen-bond donors (Lipinski definition) is 1. The minimum Gasteiger partial charge on any atom is -0.480 e. The highest BCUT2D eigenvalue weighted by Gasteiger charge is 2.61. The predicted molar refractivity (Wildman–Crippen MR) is 80.2 cm³/mol. The summed E-state index contributed by atoms with van der Waals surface area (Å²) >= 11 is 6.20. The van der Waals surface area contributed by atoms with Crippen LogP contribution >= 0.6 is 11.6 Å². The monoisotopic (exact) mass is 312 g/mol. The number of amides is 2. The molecule has 6 nitrogen and oxygen atoms in total. The number of aliphatic carboxylic acids is 1. The molecule has 2 rings (SSSR count). The number of quaternary nitrogens is 1. The van der Waals surface area contributed by atoms with Crippen LogP contribution < -0.4 is 4.48 Å². The van der Waals surface area contributed by atoms with E-state index in [-0.39, 0.29) is 22.2 Å². The fraction of sp³-hybridized carbons (Fsp3) is 0.500. The number of carbonyl (C=O) groups is 2. The summed E-state index contributed by atoms with van der Waals surface area (Å²) < 4.78 is -0.160. The second-order valence-corrected chi connectivity index (χ2v) is 6.58. The van der Waals surface area contributed by atoms with Crippen LogP contribution in [0.1, 0.15) is 20.8 Å². The normalized spacial score (nSPS) is 26.2. The van der Waals surface area contributed by atoms with Crippen LogP contribution in [0.3, 0.4) is 0 Å². The van der Waals surface area contributed by atoms with Crippen LogP contribution in [0.15, 0.2) is 18.3 Å². The van der Waals surface area contributed by atoms with E-state index in [1.807, 2.05) is 20.8 Å². The van der Waals surface area contributed by atoms with E-state index in [0.29, 0.717) is 5.69 Å². The predicted octanol–water partition coefficient (Wildman–Crippen LogP) is 2.36. The molecule has 0 aliphatic carbocycles.